The van der Waals surface area contributed by atoms with Gasteiger partial charge in [0.15, 0.2) is 18.3 Å². The third-order valence-electron chi connectivity index (χ3n) is 5.34. The number of hydrogen-bond donors (Lipinski definition) is 0. The van der Waals surface area contributed by atoms with Crippen LogP contribution in [0, 0.1) is 11.6 Å². The molecule has 0 atom stereocenters. The van der Waals surface area contributed by atoms with Gasteiger partial charge in [0.25, 0.3) is 5.91 Å². The number of carbonyl (C=O) groups is 2. The van der Waals surface area contributed by atoms with Crippen LogP contribution in [-0.2, 0) is 20.7 Å². The zero-order valence-corrected chi connectivity index (χ0v) is 19.1. The Hall–Kier alpha value is -3.98. The fourth-order valence-corrected chi connectivity index (χ4v) is 4.79. The first-order chi connectivity index (χ1) is 17.0. The number of aryl methyl sites for hydroxylation is 1. The molecule has 3 aromatic carbocycles. The van der Waals surface area contributed by atoms with Crippen LogP contribution < -0.4 is 4.90 Å². The van der Waals surface area contributed by atoms with Crippen molar-refractivity contribution in [3.63, 3.8) is 0 Å². The van der Waals surface area contributed by atoms with Gasteiger partial charge in [0.1, 0.15) is 11.6 Å². The molecule has 6 nitrogen and oxygen atoms in total. The lowest BCUT2D eigenvalue weighted by Crippen LogP contribution is -2.32. The quantitative estimate of drug-likeness (QED) is 0.311. The van der Waals surface area contributed by atoms with E-state index in [0.29, 0.717) is 0 Å². The molecular weight excluding hydrogens is 474 g/mol. The van der Waals surface area contributed by atoms with Crippen molar-refractivity contribution in [1.29, 1.82) is 0 Å². The molecule has 0 aliphatic carbocycles. The SMILES string of the molecule is O=C(CCc1ncc(-c2c(F)cccc2F)o1)OCC(=O)N1c2ccccc2Sc2ccccc21. The fraction of sp³-hybridized carbons (Fsp3) is 0.115. The van der Waals surface area contributed by atoms with Crippen LogP contribution in [0.2, 0.25) is 0 Å². The number of fused-ring (bicyclic) bond motifs is 2. The van der Waals surface area contributed by atoms with E-state index in [4.69, 9.17) is 9.15 Å². The maximum absolute atomic E-state index is 13.9. The van der Waals surface area contributed by atoms with Crippen LogP contribution >= 0.6 is 11.8 Å². The number of oxazole rings is 1. The first-order valence-electron chi connectivity index (χ1n) is 10.7. The Morgan fingerprint density at radius 2 is 1.54 bits per heavy atom. The standard InChI is InChI=1S/C26H18F2N2O4S/c27-16-6-5-7-17(28)26(16)20-14-29-23(34-20)12-13-25(32)33-15-24(31)30-18-8-1-3-10-21(18)35-22-11-4-2-9-19(22)30/h1-11,14H,12-13,15H2. The Balaban J connectivity index is 1.21. The van der Waals surface area contributed by atoms with E-state index in [1.54, 1.807) is 16.7 Å². The lowest BCUT2D eigenvalue weighted by atomic mass is 10.1. The van der Waals surface area contributed by atoms with Crippen LogP contribution in [0.3, 0.4) is 0 Å². The second-order valence-electron chi connectivity index (χ2n) is 7.64. The van der Waals surface area contributed by atoms with Crippen molar-refractivity contribution < 1.29 is 27.5 Å². The summed E-state index contributed by atoms with van der Waals surface area (Å²) in [6.45, 7) is -0.441. The van der Waals surface area contributed by atoms with Crippen molar-refractivity contribution in [2.75, 3.05) is 11.5 Å². The number of benzene rings is 3. The van der Waals surface area contributed by atoms with E-state index >= 15 is 0 Å². The van der Waals surface area contributed by atoms with E-state index < -0.39 is 24.2 Å². The summed E-state index contributed by atoms with van der Waals surface area (Å²) in [7, 11) is 0. The van der Waals surface area contributed by atoms with E-state index in [-0.39, 0.29) is 36.0 Å². The fourth-order valence-electron chi connectivity index (χ4n) is 3.74. The average Bonchev–Trinajstić information content (AvgIpc) is 3.33. The summed E-state index contributed by atoms with van der Waals surface area (Å²) in [5, 5.41) is 0. The number of anilines is 2. The molecule has 35 heavy (non-hydrogen) atoms. The number of halogens is 2. The number of carbonyl (C=O) groups excluding carboxylic acids is 2. The summed E-state index contributed by atoms with van der Waals surface area (Å²) in [6, 6.07) is 18.5. The molecule has 0 unspecified atom stereocenters. The monoisotopic (exact) mass is 492 g/mol. The minimum atomic E-state index is -0.773. The molecule has 0 N–H and O–H groups in total. The summed E-state index contributed by atoms with van der Waals surface area (Å²) >= 11 is 1.57. The number of esters is 1. The molecule has 0 fully saturated rings. The topological polar surface area (TPSA) is 72.6 Å². The summed E-state index contributed by atoms with van der Waals surface area (Å²) in [5.74, 6) is -2.49. The molecule has 1 amide bonds. The van der Waals surface area contributed by atoms with Gasteiger partial charge in [-0.2, -0.15) is 0 Å². The second kappa shape index (κ2) is 9.71. The van der Waals surface area contributed by atoms with Crippen molar-refractivity contribution >= 4 is 35.0 Å². The highest BCUT2D eigenvalue weighted by atomic mass is 32.2. The first kappa shape index (κ1) is 22.8. The summed E-state index contributed by atoms with van der Waals surface area (Å²) in [6.07, 6.45) is 1.14. The maximum Gasteiger partial charge on any atom is 0.306 e. The van der Waals surface area contributed by atoms with Crippen LogP contribution in [-0.4, -0.2) is 23.5 Å². The number of hydrogen-bond acceptors (Lipinski definition) is 6. The van der Waals surface area contributed by atoms with E-state index in [9.17, 15) is 18.4 Å². The smallest absolute Gasteiger partial charge is 0.306 e. The predicted octanol–water partition coefficient (Wildman–Crippen LogP) is 5.93. The van der Waals surface area contributed by atoms with Gasteiger partial charge in [-0.25, -0.2) is 13.8 Å². The van der Waals surface area contributed by atoms with Gasteiger partial charge in [0.2, 0.25) is 0 Å². The van der Waals surface area contributed by atoms with Crippen molar-refractivity contribution in [2.45, 2.75) is 22.6 Å². The molecule has 0 spiro atoms. The summed E-state index contributed by atoms with van der Waals surface area (Å²) < 4.78 is 38.5. The number of para-hydroxylation sites is 2. The van der Waals surface area contributed by atoms with Crippen LogP contribution in [0.5, 0.6) is 0 Å². The molecule has 1 aromatic heterocycles. The largest absolute Gasteiger partial charge is 0.456 e. The summed E-state index contributed by atoms with van der Waals surface area (Å²) in [4.78, 5) is 32.7. The predicted molar refractivity (Wildman–Crippen MR) is 125 cm³/mol. The Bertz CT molecular complexity index is 1360. The molecule has 0 bridgehead atoms. The number of nitrogens with zero attached hydrogens (tertiary/aromatic N) is 2. The molecular formula is C26H18F2N2O4S. The van der Waals surface area contributed by atoms with Crippen molar-refractivity contribution in [1.82, 2.24) is 4.98 Å². The minimum Gasteiger partial charge on any atom is -0.456 e. The van der Waals surface area contributed by atoms with E-state index in [1.165, 1.54) is 12.3 Å². The van der Waals surface area contributed by atoms with E-state index in [1.807, 2.05) is 48.5 Å². The molecule has 0 radical (unpaired) electrons. The maximum atomic E-state index is 13.9. The highest BCUT2D eigenvalue weighted by molar-refractivity contribution is 7.99. The molecule has 9 heteroatoms. The van der Waals surface area contributed by atoms with Crippen LogP contribution in [0.4, 0.5) is 20.2 Å². The molecule has 2 heterocycles. The zero-order chi connectivity index (χ0) is 24.4. The van der Waals surface area contributed by atoms with Crippen LogP contribution in [0.1, 0.15) is 12.3 Å². The van der Waals surface area contributed by atoms with Gasteiger partial charge < -0.3 is 9.15 Å². The van der Waals surface area contributed by atoms with E-state index in [2.05, 4.69) is 4.98 Å². The molecule has 0 saturated carbocycles. The van der Waals surface area contributed by atoms with Gasteiger partial charge in [0.05, 0.1) is 29.6 Å². The Labute approximate surface area is 203 Å². The number of amides is 1. The zero-order valence-electron chi connectivity index (χ0n) is 18.2. The Morgan fingerprint density at radius 3 is 2.20 bits per heavy atom. The Kier molecular flexibility index (Phi) is 6.33. The van der Waals surface area contributed by atoms with Gasteiger partial charge in [-0.1, -0.05) is 42.1 Å². The molecule has 176 valence electrons. The van der Waals surface area contributed by atoms with Gasteiger partial charge in [-0.3, -0.25) is 14.5 Å². The molecule has 1 aliphatic heterocycles. The highest BCUT2D eigenvalue weighted by Gasteiger charge is 2.28. The lowest BCUT2D eigenvalue weighted by Gasteiger charge is -2.30. The molecule has 4 aromatic rings. The van der Waals surface area contributed by atoms with Gasteiger partial charge in [-0.05, 0) is 36.4 Å². The second-order valence-corrected chi connectivity index (χ2v) is 8.73. The first-order valence-corrected chi connectivity index (χ1v) is 11.6. The number of ether oxygens (including phenoxy) is 1. The van der Waals surface area contributed by atoms with Gasteiger partial charge in [0, 0.05) is 16.2 Å². The van der Waals surface area contributed by atoms with Crippen LogP contribution in [0.25, 0.3) is 11.3 Å². The normalized spacial score (nSPS) is 12.1. The molecule has 5 rings (SSSR count). The number of aromatic nitrogens is 1. The van der Waals surface area contributed by atoms with Gasteiger partial charge >= 0.3 is 5.97 Å². The average molecular weight is 493 g/mol. The lowest BCUT2D eigenvalue weighted by molar-refractivity contribution is -0.147. The minimum absolute atomic E-state index is 0.0507. The van der Waals surface area contributed by atoms with E-state index in [0.717, 1.165) is 33.3 Å². The summed E-state index contributed by atoms with van der Waals surface area (Å²) in [5.41, 5.74) is 1.13. The third kappa shape index (κ3) is 4.67. The highest BCUT2D eigenvalue weighted by Crippen LogP contribution is 2.47. The number of rotatable bonds is 6. The van der Waals surface area contributed by atoms with Gasteiger partial charge in [-0.15, -0.1) is 0 Å². The van der Waals surface area contributed by atoms with Crippen molar-refractivity contribution in [2.24, 2.45) is 0 Å². The van der Waals surface area contributed by atoms with Crippen molar-refractivity contribution in [3.8, 4) is 11.3 Å². The molecule has 1 aliphatic rings. The third-order valence-corrected chi connectivity index (χ3v) is 6.47. The Morgan fingerprint density at radius 1 is 0.914 bits per heavy atom. The van der Waals surface area contributed by atoms with Crippen LogP contribution in [0.15, 0.2) is 87.1 Å². The molecule has 0 saturated heterocycles. The van der Waals surface area contributed by atoms with Crippen molar-refractivity contribution in [3.05, 3.63) is 90.5 Å².